The third kappa shape index (κ3) is 5.64. The van der Waals surface area contributed by atoms with E-state index in [-0.39, 0.29) is 5.97 Å². The van der Waals surface area contributed by atoms with E-state index in [0.29, 0.717) is 13.0 Å². The Kier molecular flexibility index (Phi) is 5.53. The molecule has 0 N–H and O–H groups in total. The largest absolute Gasteiger partial charge is 0.461 e. The summed E-state index contributed by atoms with van der Waals surface area (Å²) in [7, 11) is 0. The number of hydrogen-bond acceptors (Lipinski definition) is 2. The highest BCUT2D eigenvalue weighted by Crippen LogP contribution is 1.96. The standard InChI is InChI=1S/C9H15O2/c1-4-6-9(10)11-7-8(3)5-2/h5H,2,4,6-7H2,1,3H3. The molecule has 0 aliphatic rings. The Morgan fingerprint density at radius 3 is 2.73 bits per heavy atom. The van der Waals surface area contributed by atoms with Gasteiger partial charge in [0.15, 0.2) is 0 Å². The van der Waals surface area contributed by atoms with Gasteiger partial charge in [-0.3, -0.25) is 4.79 Å². The molecule has 0 fully saturated rings. The highest BCUT2D eigenvalue weighted by atomic mass is 16.5. The Balaban J connectivity index is 3.46. The Hall–Kier alpha value is -0.790. The van der Waals surface area contributed by atoms with Crippen LogP contribution in [0.25, 0.3) is 0 Å². The van der Waals surface area contributed by atoms with Crippen molar-refractivity contribution >= 4 is 5.97 Å². The third-order valence-electron chi connectivity index (χ3n) is 1.26. The lowest BCUT2D eigenvalue weighted by molar-refractivity contribution is -0.142. The minimum absolute atomic E-state index is 0.131. The maximum Gasteiger partial charge on any atom is 0.306 e. The van der Waals surface area contributed by atoms with Crippen LogP contribution in [0, 0.1) is 6.92 Å². The van der Waals surface area contributed by atoms with Crippen molar-refractivity contribution in [1.29, 1.82) is 0 Å². The molecule has 63 valence electrons. The molecule has 0 rings (SSSR count). The van der Waals surface area contributed by atoms with Gasteiger partial charge in [0.25, 0.3) is 0 Å². The van der Waals surface area contributed by atoms with Gasteiger partial charge in [-0.1, -0.05) is 13.0 Å². The molecule has 2 heteroatoms. The fraction of sp³-hybridized carbons (Fsp3) is 0.556. The topological polar surface area (TPSA) is 26.3 Å². The lowest BCUT2D eigenvalue weighted by Gasteiger charge is -2.02. The molecule has 0 aromatic rings. The van der Waals surface area contributed by atoms with Gasteiger partial charge in [0, 0.05) is 6.42 Å². The second kappa shape index (κ2) is 5.96. The number of carbonyl (C=O) groups excluding carboxylic acids is 1. The van der Waals surface area contributed by atoms with E-state index in [0.717, 1.165) is 12.0 Å². The number of esters is 1. The SMILES string of the molecule is [CH2]C=C(C)COC(=O)CCC. The van der Waals surface area contributed by atoms with Gasteiger partial charge in [0.1, 0.15) is 6.61 Å². The van der Waals surface area contributed by atoms with E-state index in [1.165, 1.54) is 0 Å². The highest BCUT2D eigenvalue weighted by molar-refractivity contribution is 5.69. The van der Waals surface area contributed by atoms with Crippen LogP contribution in [0.1, 0.15) is 26.7 Å². The van der Waals surface area contributed by atoms with Crippen LogP contribution in [-0.4, -0.2) is 12.6 Å². The van der Waals surface area contributed by atoms with Crippen molar-refractivity contribution in [2.24, 2.45) is 0 Å². The van der Waals surface area contributed by atoms with E-state index in [1.807, 2.05) is 13.8 Å². The van der Waals surface area contributed by atoms with Crippen LogP contribution in [0.5, 0.6) is 0 Å². The molecule has 0 unspecified atom stereocenters. The van der Waals surface area contributed by atoms with Gasteiger partial charge in [0.2, 0.25) is 0 Å². The van der Waals surface area contributed by atoms with Gasteiger partial charge in [-0.25, -0.2) is 0 Å². The van der Waals surface area contributed by atoms with Gasteiger partial charge in [0.05, 0.1) is 0 Å². The molecule has 2 nitrogen and oxygen atoms in total. The molecule has 0 aliphatic heterocycles. The maximum absolute atomic E-state index is 10.8. The van der Waals surface area contributed by atoms with Crippen molar-refractivity contribution in [3.05, 3.63) is 18.6 Å². The second-order valence-electron chi connectivity index (χ2n) is 2.46. The van der Waals surface area contributed by atoms with Crippen LogP contribution >= 0.6 is 0 Å². The van der Waals surface area contributed by atoms with Crippen molar-refractivity contribution in [3.8, 4) is 0 Å². The van der Waals surface area contributed by atoms with Crippen molar-refractivity contribution in [1.82, 2.24) is 0 Å². The van der Waals surface area contributed by atoms with E-state index in [2.05, 4.69) is 6.92 Å². The van der Waals surface area contributed by atoms with Gasteiger partial charge in [-0.05, 0) is 25.8 Å². The highest BCUT2D eigenvalue weighted by Gasteiger charge is 1.99. The molecule has 0 saturated heterocycles. The quantitative estimate of drug-likeness (QED) is 0.581. The zero-order chi connectivity index (χ0) is 8.69. The van der Waals surface area contributed by atoms with Crippen molar-refractivity contribution in [2.75, 3.05) is 6.61 Å². The number of hydrogen-bond donors (Lipinski definition) is 0. The fourth-order valence-corrected chi connectivity index (χ4v) is 0.530. The van der Waals surface area contributed by atoms with E-state index in [1.54, 1.807) is 6.08 Å². The van der Waals surface area contributed by atoms with Crippen LogP contribution in [0.4, 0.5) is 0 Å². The number of allylic oxidation sites excluding steroid dienone is 1. The molecule has 0 saturated carbocycles. The first-order valence-corrected chi connectivity index (χ1v) is 3.81. The van der Waals surface area contributed by atoms with E-state index >= 15 is 0 Å². The average molecular weight is 155 g/mol. The normalized spacial score (nSPS) is 11.4. The molecule has 0 amide bonds. The van der Waals surface area contributed by atoms with Gasteiger partial charge in [-0.2, -0.15) is 0 Å². The van der Waals surface area contributed by atoms with Crippen molar-refractivity contribution < 1.29 is 9.53 Å². The summed E-state index contributed by atoms with van der Waals surface area (Å²) >= 11 is 0. The minimum atomic E-state index is -0.131. The monoisotopic (exact) mass is 155 g/mol. The number of carbonyl (C=O) groups is 1. The predicted octanol–water partition coefficient (Wildman–Crippen LogP) is 2.11. The maximum atomic E-state index is 10.8. The number of rotatable bonds is 4. The Labute approximate surface area is 68.2 Å². The Morgan fingerprint density at radius 1 is 1.64 bits per heavy atom. The zero-order valence-electron chi connectivity index (χ0n) is 7.22. The molecular weight excluding hydrogens is 140 g/mol. The molecule has 0 spiro atoms. The summed E-state index contributed by atoms with van der Waals surface area (Å²) in [5, 5.41) is 0. The molecular formula is C9H15O2. The van der Waals surface area contributed by atoms with E-state index in [4.69, 9.17) is 4.74 Å². The first-order chi connectivity index (χ1) is 5.20. The Morgan fingerprint density at radius 2 is 2.27 bits per heavy atom. The summed E-state index contributed by atoms with van der Waals surface area (Å²) in [5.41, 5.74) is 0.981. The van der Waals surface area contributed by atoms with Gasteiger partial charge in [-0.15, -0.1) is 0 Å². The second-order valence-corrected chi connectivity index (χ2v) is 2.46. The zero-order valence-corrected chi connectivity index (χ0v) is 7.22. The first-order valence-electron chi connectivity index (χ1n) is 3.81. The summed E-state index contributed by atoms with van der Waals surface area (Å²) in [6.45, 7) is 7.76. The summed E-state index contributed by atoms with van der Waals surface area (Å²) in [6, 6.07) is 0. The van der Waals surface area contributed by atoms with Crippen molar-refractivity contribution in [2.45, 2.75) is 26.7 Å². The van der Waals surface area contributed by atoms with Crippen LogP contribution < -0.4 is 0 Å². The van der Waals surface area contributed by atoms with Gasteiger partial charge < -0.3 is 4.74 Å². The minimum Gasteiger partial charge on any atom is -0.461 e. The summed E-state index contributed by atoms with van der Waals surface area (Å²) in [6.07, 6.45) is 3.04. The van der Waals surface area contributed by atoms with Crippen LogP contribution in [-0.2, 0) is 9.53 Å². The van der Waals surface area contributed by atoms with Gasteiger partial charge >= 0.3 is 5.97 Å². The smallest absolute Gasteiger partial charge is 0.306 e. The first kappa shape index (κ1) is 10.2. The van der Waals surface area contributed by atoms with Crippen LogP contribution in [0.3, 0.4) is 0 Å². The lowest BCUT2D eigenvalue weighted by Crippen LogP contribution is -2.05. The van der Waals surface area contributed by atoms with Crippen molar-refractivity contribution in [3.63, 3.8) is 0 Å². The van der Waals surface area contributed by atoms with Crippen LogP contribution in [0.15, 0.2) is 11.6 Å². The molecule has 0 aromatic heterocycles. The van der Waals surface area contributed by atoms with Crippen LogP contribution in [0.2, 0.25) is 0 Å². The number of ether oxygens (including phenoxy) is 1. The predicted molar refractivity (Wildman–Crippen MR) is 45.0 cm³/mol. The molecule has 0 bridgehead atoms. The molecule has 11 heavy (non-hydrogen) atoms. The third-order valence-corrected chi connectivity index (χ3v) is 1.26. The summed E-state index contributed by atoms with van der Waals surface area (Å²) < 4.78 is 4.89. The molecule has 0 aromatic carbocycles. The summed E-state index contributed by atoms with van der Waals surface area (Å²) in [4.78, 5) is 10.8. The van der Waals surface area contributed by atoms with E-state index in [9.17, 15) is 4.79 Å². The summed E-state index contributed by atoms with van der Waals surface area (Å²) in [5.74, 6) is -0.131. The molecule has 0 atom stereocenters. The molecule has 0 heterocycles. The Bertz CT molecular complexity index is 148. The molecule has 0 aliphatic carbocycles. The average Bonchev–Trinajstić information content (AvgIpc) is 2.01. The fourth-order valence-electron chi connectivity index (χ4n) is 0.530. The lowest BCUT2D eigenvalue weighted by atomic mass is 10.3. The molecule has 1 radical (unpaired) electrons. The van der Waals surface area contributed by atoms with E-state index < -0.39 is 0 Å².